The third kappa shape index (κ3) is 5.17. The number of carbonyl (C=O) groups excluding carboxylic acids is 1. The molecule has 100 valence electrons. The molecule has 2 unspecified atom stereocenters. The van der Waals surface area contributed by atoms with E-state index in [0.29, 0.717) is 19.4 Å². The number of nitrogens with one attached hydrogen (secondary N) is 1. The summed E-state index contributed by atoms with van der Waals surface area (Å²) in [6, 6.07) is 0. The van der Waals surface area contributed by atoms with Gasteiger partial charge in [-0.25, -0.2) is 0 Å². The van der Waals surface area contributed by atoms with Crippen molar-refractivity contribution in [3.05, 3.63) is 0 Å². The summed E-state index contributed by atoms with van der Waals surface area (Å²) in [6.45, 7) is 6.07. The van der Waals surface area contributed by atoms with Gasteiger partial charge in [-0.15, -0.1) is 0 Å². The average Bonchev–Trinajstić information content (AvgIpc) is 2.32. The van der Waals surface area contributed by atoms with Crippen LogP contribution in [0.3, 0.4) is 0 Å². The summed E-state index contributed by atoms with van der Waals surface area (Å²) < 4.78 is 0. The van der Waals surface area contributed by atoms with Gasteiger partial charge >= 0.3 is 5.97 Å². The number of hydrogen-bond donors (Lipinski definition) is 3. The van der Waals surface area contributed by atoms with Crippen LogP contribution >= 0.6 is 0 Å². The molecule has 0 bridgehead atoms. The quantitative estimate of drug-likeness (QED) is 0.593. The Balaban J connectivity index is 4.19. The maximum atomic E-state index is 11.6. The van der Waals surface area contributed by atoms with Gasteiger partial charge in [-0.3, -0.25) is 9.59 Å². The molecule has 0 aliphatic rings. The minimum Gasteiger partial charge on any atom is -0.481 e. The molecular weight excluding hydrogens is 220 g/mol. The number of aliphatic carboxylic acids is 1. The lowest BCUT2D eigenvalue weighted by molar-refractivity contribution is -0.148. The zero-order valence-corrected chi connectivity index (χ0v) is 11.0. The molecule has 0 aromatic rings. The van der Waals surface area contributed by atoms with Crippen LogP contribution in [-0.2, 0) is 9.59 Å². The van der Waals surface area contributed by atoms with E-state index < -0.39 is 11.4 Å². The van der Waals surface area contributed by atoms with Crippen LogP contribution < -0.4 is 11.1 Å². The van der Waals surface area contributed by atoms with Crippen molar-refractivity contribution < 1.29 is 14.7 Å². The van der Waals surface area contributed by atoms with Gasteiger partial charge in [-0.05, 0) is 25.8 Å². The first-order valence-electron chi connectivity index (χ1n) is 6.09. The van der Waals surface area contributed by atoms with E-state index in [1.54, 1.807) is 13.8 Å². The summed E-state index contributed by atoms with van der Waals surface area (Å²) in [5.41, 5.74) is 4.63. The summed E-state index contributed by atoms with van der Waals surface area (Å²) in [5, 5.41) is 11.7. The number of nitrogens with two attached hydrogens (primary N) is 1. The number of carboxylic acids is 1. The lowest BCUT2D eigenvalue weighted by atomic mass is 9.87. The van der Waals surface area contributed by atoms with Crippen molar-refractivity contribution in [1.82, 2.24) is 5.32 Å². The van der Waals surface area contributed by atoms with Crippen molar-refractivity contribution >= 4 is 11.9 Å². The van der Waals surface area contributed by atoms with Gasteiger partial charge in [0, 0.05) is 13.0 Å². The van der Waals surface area contributed by atoms with Crippen molar-refractivity contribution in [2.45, 2.75) is 40.0 Å². The third-order valence-electron chi connectivity index (χ3n) is 3.36. The molecule has 0 saturated heterocycles. The molecule has 0 spiro atoms. The molecule has 1 amide bonds. The minimum absolute atomic E-state index is 0.122. The molecule has 0 radical (unpaired) electrons. The Kier molecular flexibility index (Phi) is 6.80. The van der Waals surface area contributed by atoms with Crippen LogP contribution in [0.5, 0.6) is 0 Å². The van der Waals surface area contributed by atoms with E-state index >= 15 is 0 Å². The molecule has 0 aromatic carbocycles. The van der Waals surface area contributed by atoms with Gasteiger partial charge in [0.25, 0.3) is 0 Å². The van der Waals surface area contributed by atoms with Gasteiger partial charge in [0.05, 0.1) is 5.41 Å². The zero-order valence-electron chi connectivity index (χ0n) is 11.0. The maximum Gasteiger partial charge on any atom is 0.311 e. The predicted octanol–water partition coefficient (Wildman–Crippen LogP) is 0.979. The molecule has 17 heavy (non-hydrogen) atoms. The second kappa shape index (κ2) is 7.27. The van der Waals surface area contributed by atoms with E-state index in [1.165, 1.54) is 0 Å². The Morgan fingerprint density at radius 3 is 2.35 bits per heavy atom. The lowest BCUT2D eigenvalue weighted by Gasteiger charge is -2.23. The Labute approximate surface area is 103 Å². The molecule has 0 aliphatic carbocycles. The van der Waals surface area contributed by atoms with E-state index in [2.05, 4.69) is 5.32 Å². The SMILES string of the molecule is CCC(CN)CC(=O)NCC(C)(CC)C(=O)O. The third-order valence-corrected chi connectivity index (χ3v) is 3.36. The zero-order chi connectivity index (χ0) is 13.5. The van der Waals surface area contributed by atoms with Crippen molar-refractivity contribution in [1.29, 1.82) is 0 Å². The summed E-state index contributed by atoms with van der Waals surface area (Å²) in [5.74, 6) is -0.831. The van der Waals surface area contributed by atoms with Gasteiger partial charge in [-0.1, -0.05) is 20.3 Å². The lowest BCUT2D eigenvalue weighted by Crippen LogP contribution is -2.41. The first-order valence-corrected chi connectivity index (χ1v) is 6.09. The number of hydrogen-bond acceptors (Lipinski definition) is 3. The van der Waals surface area contributed by atoms with Gasteiger partial charge < -0.3 is 16.2 Å². The maximum absolute atomic E-state index is 11.6. The summed E-state index contributed by atoms with van der Waals surface area (Å²) in [7, 11) is 0. The van der Waals surface area contributed by atoms with Gasteiger partial charge in [0.2, 0.25) is 5.91 Å². The topological polar surface area (TPSA) is 92.4 Å². The second-order valence-electron chi connectivity index (χ2n) is 4.71. The predicted molar refractivity (Wildman–Crippen MR) is 66.5 cm³/mol. The van der Waals surface area contributed by atoms with Gasteiger partial charge in [0.1, 0.15) is 0 Å². The largest absolute Gasteiger partial charge is 0.481 e. The van der Waals surface area contributed by atoms with E-state index in [0.717, 1.165) is 6.42 Å². The van der Waals surface area contributed by atoms with E-state index in [4.69, 9.17) is 10.8 Å². The first kappa shape index (κ1) is 15.9. The molecule has 0 aromatic heterocycles. The molecule has 0 heterocycles. The average molecular weight is 244 g/mol. The smallest absolute Gasteiger partial charge is 0.311 e. The summed E-state index contributed by atoms with van der Waals surface area (Å²) >= 11 is 0. The first-order chi connectivity index (χ1) is 7.89. The number of rotatable bonds is 8. The summed E-state index contributed by atoms with van der Waals surface area (Å²) in [6.07, 6.45) is 1.71. The number of carbonyl (C=O) groups is 2. The molecule has 2 atom stereocenters. The van der Waals surface area contributed by atoms with Crippen molar-refractivity contribution in [3.8, 4) is 0 Å². The Morgan fingerprint density at radius 1 is 1.41 bits per heavy atom. The van der Waals surface area contributed by atoms with Crippen LogP contribution in [0.25, 0.3) is 0 Å². The highest BCUT2D eigenvalue weighted by Crippen LogP contribution is 2.20. The van der Waals surface area contributed by atoms with E-state index in [-0.39, 0.29) is 18.4 Å². The molecule has 0 saturated carbocycles. The van der Waals surface area contributed by atoms with E-state index in [9.17, 15) is 9.59 Å². The molecule has 0 rings (SSSR count). The van der Waals surface area contributed by atoms with Crippen molar-refractivity contribution in [3.63, 3.8) is 0 Å². The fourth-order valence-electron chi connectivity index (χ4n) is 1.37. The molecule has 0 aliphatic heterocycles. The molecule has 5 heteroatoms. The Morgan fingerprint density at radius 2 is 2.00 bits per heavy atom. The van der Waals surface area contributed by atoms with Crippen molar-refractivity contribution in [2.75, 3.05) is 13.1 Å². The van der Waals surface area contributed by atoms with Crippen LogP contribution in [0.2, 0.25) is 0 Å². The molecule has 0 fully saturated rings. The fraction of sp³-hybridized carbons (Fsp3) is 0.833. The van der Waals surface area contributed by atoms with E-state index in [1.807, 2.05) is 6.92 Å². The highest BCUT2D eigenvalue weighted by molar-refractivity contribution is 5.78. The van der Waals surface area contributed by atoms with Crippen LogP contribution in [0.15, 0.2) is 0 Å². The fourth-order valence-corrected chi connectivity index (χ4v) is 1.37. The standard InChI is InChI=1S/C12H24N2O3/c1-4-9(7-13)6-10(15)14-8-12(3,5-2)11(16)17/h9H,4-8,13H2,1-3H3,(H,14,15)(H,16,17). The Bertz CT molecular complexity index is 264. The van der Waals surface area contributed by atoms with Crippen LogP contribution in [0.4, 0.5) is 0 Å². The number of carboxylic acid groups (broad SMARTS) is 1. The monoisotopic (exact) mass is 244 g/mol. The van der Waals surface area contributed by atoms with Crippen molar-refractivity contribution in [2.24, 2.45) is 17.1 Å². The molecule has 4 N–H and O–H groups in total. The van der Waals surface area contributed by atoms with Crippen LogP contribution in [0.1, 0.15) is 40.0 Å². The van der Waals surface area contributed by atoms with Gasteiger partial charge in [-0.2, -0.15) is 0 Å². The number of amides is 1. The van der Waals surface area contributed by atoms with Crippen LogP contribution in [0, 0.1) is 11.3 Å². The highest BCUT2D eigenvalue weighted by atomic mass is 16.4. The molecular formula is C12H24N2O3. The Hall–Kier alpha value is -1.10. The minimum atomic E-state index is -0.889. The second-order valence-corrected chi connectivity index (χ2v) is 4.71. The summed E-state index contributed by atoms with van der Waals surface area (Å²) in [4.78, 5) is 22.6. The normalized spacial score (nSPS) is 16.0. The molecule has 5 nitrogen and oxygen atoms in total. The highest BCUT2D eigenvalue weighted by Gasteiger charge is 2.31. The van der Waals surface area contributed by atoms with Crippen LogP contribution in [-0.4, -0.2) is 30.1 Å². The van der Waals surface area contributed by atoms with Gasteiger partial charge in [0.15, 0.2) is 0 Å².